The van der Waals surface area contributed by atoms with Crippen molar-refractivity contribution in [3.8, 4) is 0 Å². The number of allylic oxidation sites excluding steroid dienone is 2. The van der Waals surface area contributed by atoms with Gasteiger partial charge in [0.05, 0.1) is 29.8 Å². The van der Waals surface area contributed by atoms with Gasteiger partial charge < -0.3 is 20.0 Å². The van der Waals surface area contributed by atoms with Gasteiger partial charge in [0, 0.05) is 25.9 Å². The standard InChI is InChI=1S/C17H21N5O/c1-21-10-19-16-12(3-2-4-15(16)21)8-22-14-6-5-11(9-23)7-13(14)20-17(22)18/h3,5-6,9-11,15-16H,2,4,7-8H2,1H3,(H2,18,20). The number of carbonyl (C=O) groups is 1. The van der Waals surface area contributed by atoms with E-state index in [2.05, 4.69) is 32.6 Å². The van der Waals surface area contributed by atoms with Crippen molar-refractivity contribution in [3.05, 3.63) is 29.1 Å². The Kier molecular flexibility index (Phi) is 3.32. The summed E-state index contributed by atoms with van der Waals surface area (Å²) in [5.74, 6) is 0.432. The van der Waals surface area contributed by atoms with E-state index in [1.165, 1.54) is 5.57 Å². The molecule has 0 bridgehead atoms. The van der Waals surface area contributed by atoms with Gasteiger partial charge in [-0.3, -0.25) is 4.99 Å². The normalized spacial score (nSPS) is 28.5. The molecule has 2 aliphatic carbocycles. The van der Waals surface area contributed by atoms with Gasteiger partial charge in [0.1, 0.15) is 6.29 Å². The molecule has 1 aromatic rings. The van der Waals surface area contributed by atoms with Crippen LogP contribution in [0, 0.1) is 5.92 Å². The summed E-state index contributed by atoms with van der Waals surface area (Å²) in [6.07, 6.45) is 12.0. The number of nitrogens with two attached hydrogens (primary N) is 1. The average molecular weight is 311 g/mol. The largest absolute Gasteiger partial charge is 0.369 e. The Hall–Kier alpha value is -2.37. The summed E-state index contributed by atoms with van der Waals surface area (Å²) in [7, 11) is 2.09. The molecule has 0 fully saturated rings. The summed E-state index contributed by atoms with van der Waals surface area (Å²) in [6.45, 7) is 0.719. The van der Waals surface area contributed by atoms with E-state index in [9.17, 15) is 4.79 Å². The molecule has 2 heterocycles. The van der Waals surface area contributed by atoms with Gasteiger partial charge in [0.2, 0.25) is 5.95 Å². The Morgan fingerprint density at radius 3 is 3.17 bits per heavy atom. The van der Waals surface area contributed by atoms with Crippen LogP contribution in [0.2, 0.25) is 0 Å². The van der Waals surface area contributed by atoms with Gasteiger partial charge in [-0.25, -0.2) is 4.98 Å². The van der Waals surface area contributed by atoms with Crippen molar-refractivity contribution < 1.29 is 4.79 Å². The molecule has 4 rings (SSSR count). The molecule has 0 saturated heterocycles. The minimum atomic E-state index is -0.0865. The summed E-state index contributed by atoms with van der Waals surface area (Å²) in [4.78, 5) is 22.3. The predicted octanol–water partition coefficient (Wildman–Crippen LogP) is 1.28. The van der Waals surface area contributed by atoms with Crippen LogP contribution in [0.4, 0.5) is 5.95 Å². The van der Waals surface area contributed by atoms with Crippen LogP contribution in [0.1, 0.15) is 24.2 Å². The van der Waals surface area contributed by atoms with Crippen molar-refractivity contribution in [1.82, 2.24) is 14.5 Å². The molecule has 1 aliphatic heterocycles. The van der Waals surface area contributed by atoms with Gasteiger partial charge in [-0.05, 0) is 24.5 Å². The van der Waals surface area contributed by atoms with E-state index >= 15 is 0 Å². The second-order valence-corrected chi connectivity index (χ2v) is 6.55. The number of likely N-dealkylation sites (N-methyl/N-ethyl adjacent to an activating group) is 1. The van der Waals surface area contributed by atoms with Crippen LogP contribution in [-0.2, 0) is 17.8 Å². The topological polar surface area (TPSA) is 76.5 Å². The third kappa shape index (κ3) is 2.29. The summed E-state index contributed by atoms with van der Waals surface area (Å²) in [5.41, 5.74) is 9.39. The fraction of sp³-hybridized carbons (Fsp3) is 0.471. The minimum Gasteiger partial charge on any atom is -0.369 e. The Morgan fingerprint density at radius 1 is 1.48 bits per heavy atom. The number of imidazole rings is 1. The lowest BCUT2D eigenvalue weighted by Gasteiger charge is -2.30. The van der Waals surface area contributed by atoms with Crippen molar-refractivity contribution in [2.45, 2.75) is 37.9 Å². The number of hydrogen-bond donors (Lipinski definition) is 1. The summed E-state index contributed by atoms with van der Waals surface area (Å²) < 4.78 is 2.05. The molecular formula is C17H21N5O. The van der Waals surface area contributed by atoms with Crippen LogP contribution in [0.25, 0.3) is 6.08 Å². The minimum absolute atomic E-state index is 0.0865. The van der Waals surface area contributed by atoms with E-state index < -0.39 is 0 Å². The molecule has 0 saturated carbocycles. The third-order valence-electron chi connectivity index (χ3n) is 5.10. The molecule has 6 heteroatoms. The van der Waals surface area contributed by atoms with Gasteiger partial charge >= 0.3 is 0 Å². The predicted molar refractivity (Wildman–Crippen MR) is 90.1 cm³/mol. The summed E-state index contributed by atoms with van der Waals surface area (Å²) >= 11 is 0. The molecule has 0 amide bonds. The van der Waals surface area contributed by atoms with Gasteiger partial charge in [-0.15, -0.1) is 0 Å². The first-order chi connectivity index (χ1) is 11.2. The molecule has 0 aromatic carbocycles. The van der Waals surface area contributed by atoms with Gasteiger partial charge in [0.15, 0.2) is 0 Å². The molecule has 3 unspecified atom stereocenters. The monoisotopic (exact) mass is 311 g/mol. The van der Waals surface area contributed by atoms with Crippen molar-refractivity contribution in [3.63, 3.8) is 0 Å². The number of hydrogen-bond acceptors (Lipinski definition) is 5. The first-order valence-electron chi connectivity index (χ1n) is 8.10. The van der Waals surface area contributed by atoms with E-state index in [1.807, 2.05) is 18.5 Å². The number of aldehydes is 1. The zero-order valence-electron chi connectivity index (χ0n) is 13.2. The molecule has 2 N–H and O–H groups in total. The zero-order chi connectivity index (χ0) is 16.0. The number of anilines is 1. The maximum absolute atomic E-state index is 11.0. The molecule has 3 atom stereocenters. The van der Waals surface area contributed by atoms with Crippen molar-refractivity contribution in [2.24, 2.45) is 10.9 Å². The summed E-state index contributed by atoms with van der Waals surface area (Å²) in [5, 5.41) is 0. The lowest BCUT2D eigenvalue weighted by molar-refractivity contribution is -0.109. The van der Waals surface area contributed by atoms with Crippen molar-refractivity contribution in [2.75, 3.05) is 12.8 Å². The van der Waals surface area contributed by atoms with E-state index in [0.29, 0.717) is 18.4 Å². The Labute approximate surface area is 135 Å². The van der Waals surface area contributed by atoms with Crippen LogP contribution in [0.5, 0.6) is 0 Å². The Balaban J connectivity index is 1.63. The molecule has 1 aromatic heterocycles. The van der Waals surface area contributed by atoms with Crippen LogP contribution in [0.15, 0.2) is 22.7 Å². The maximum atomic E-state index is 11.0. The number of carbonyl (C=O) groups excluding carboxylic acids is 1. The van der Waals surface area contributed by atoms with Crippen LogP contribution in [0.3, 0.4) is 0 Å². The molecule has 6 nitrogen and oxygen atoms in total. The highest BCUT2D eigenvalue weighted by Gasteiger charge is 2.34. The quantitative estimate of drug-likeness (QED) is 0.674. The zero-order valence-corrected chi connectivity index (χ0v) is 13.2. The number of fused-ring (bicyclic) bond motifs is 2. The number of nitrogens with zero attached hydrogens (tertiary/aromatic N) is 4. The number of rotatable bonds is 3. The molecule has 0 spiro atoms. The Morgan fingerprint density at radius 2 is 2.35 bits per heavy atom. The highest BCUT2D eigenvalue weighted by molar-refractivity contribution is 5.66. The first kappa shape index (κ1) is 14.2. The fourth-order valence-corrected chi connectivity index (χ4v) is 3.83. The number of aliphatic imine (C=N–C) groups is 1. The molecule has 23 heavy (non-hydrogen) atoms. The molecule has 0 radical (unpaired) electrons. The lowest BCUT2D eigenvalue weighted by Crippen LogP contribution is -2.37. The highest BCUT2D eigenvalue weighted by Crippen LogP contribution is 2.31. The fourth-order valence-electron chi connectivity index (χ4n) is 3.83. The summed E-state index contributed by atoms with van der Waals surface area (Å²) in [6, 6.07) is 0.687. The maximum Gasteiger partial charge on any atom is 0.201 e. The Bertz CT molecular complexity index is 730. The van der Waals surface area contributed by atoms with E-state index in [4.69, 9.17) is 5.73 Å². The first-order valence-corrected chi connectivity index (χ1v) is 8.10. The van der Waals surface area contributed by atoms with Crippen LogP contribution in [-0.4, -0.2) is 46.2 Å². The second-order valence-electron chi connectivity index (χ2n) is 6.55. The highest BCUT2D eigenvalue weighted by atomic mass is 16.1. The molecule has 120 valence electrons. The average Bonchev–Trinajstić information content (AvgIpc) is 3.08. The van der Waals surface area contributed by atoms with Crippen molar-refractivity contribution in [1.29, 1.82) is 0 Å². The lowest BCUT2D eigenvalue weighted by atomic mass is 9.89. The van der Waals surface area contributed by atoms with Crippen molar-refractivity contribution >= 4 is 24.6 Å². The van der Waals surface area contributed by atoms with Crippen LogP contribution < -0.4 is 5.73 Å². The smallest absolute Gasteiger partial charge is 0.201 e. The van der Waals surface area contributed by atoms with Gasteiger partial charge in [-0.2, -0.15) is 0 Å². The van der Waals surface area contributed by atoms with E-state index in [1.54, 1.807) is 0 Å². The van der Waals surface area contributed by atoms with Gasteiger partial charge in [0.25, 0.3) is 0 Å². The number of nitrogen functional groups attached to an aromatic ring is 1. The van der Waals surface area contributed by atoms with E-state index in [0.717, 1.165) is 37.1 Å². The van der Waals surface area contributed by atoms with E-state index in [-0.39, 0.29) is 12.0 Å². The third-order valence-corrected chi connectivity index (χ3v) is 5.10. The molecule has 3 aliphatic rings. The molecular weight excluding hydrogens is 290 g/mol. The second kappa shape index (κ2) is 5.37. The SMILES string of the molecule is CN1C=NC2C(Cn3c(N)nc4c3C=CC(C=O)C4)=CCCC21. The van der Waals surface area contributed by atoms with Gasteiger partial charge in [-0.1, -0.05) is 12.2 Å². The van der Waals surface area contributed by atoms with Crippen LogP contribution >= 0.6 is 0 Å². The number of aromatic nitrogens is 2.